The maximum atomic E-state index is 11.9. The van der Waals surface area contributed by atoms with Crippen LogP contribution in [0.25, 0.3) is 0 Å². The first kappa shape index (κ1) is 12.2. The highest BCUT2D eigenvalue weighted by molar-refractivity contribution is 5.81. The van der Waals surface area contributed by atoms with Crippen LogP contribution >= 0.6 is 0 Å². The zero-order chi connectivity index (χ0) is 13.2. The number of nitrogens with zero attached hydrogens (tertiary/aromatic N) is 3. The van der Waals surface area contributed by atoms with Gasteiger partial charge in [0.05, 0.1) is 26.0 Å². The minimum atomic E-state index is 0.00380. The molecule has 0 radical (unpaired) electrons. The summed E-state index contributed by atoms with van der Waals surface area (Å²) in [6.07, 6.45) is 6.03. The number of methoxy groups -OCH3 is 1. The van der Waals surface area contributed by atoms with Gasteiger partial charge in [-0.15, -0.1) is 0 Å². The predicted octanol–water partition coefficient (Wildman–Crippen LogP) is 0.875. The minimum absolute atomic E-state index is 0.00380. The van der Waals surface area contributed by atoms with Crippen molar-refractivity contribution in [3.8, 4) is 11.8 Å². The first-order valence-corrected chi connectivity index (χ1v) is 6.58. The van der Waals surface area contributed by atoms with Gasteiger partial charge in [-0.2, -0.15) is 4.98 Å². The van der Waals surface area contributed by atoms with E-state index < -0.39 is 0 Å². The fourth-order valence-corrected chi connectivity index (χ4v) is 2.27. The van der Waals surface area contributed by atoms with E-state index >= 15 is 0 Å². The Balaban J connectivity index is 1.57. The lowest BCUT2D eigenvalue weighted by Crippen LogP contribution is -2.32. The van der Waals surface area contributed by atoms with Gasteiger partial charge in [-0.05, 0) is 12.8 Å². The van der Waals surface area contributed by atoms with Crippen LogP contribution in [0.3, 0.4) is 0 Å². The van der Waals surface area contributed by atoms with E-state index in [2.05, 4.69) is 9.97 Å². The average Bonchev–Trinajstić information content (AvgIpc) is 3.19. The molecule has 6 heteroatoms. The fraction of sp³-hybridized carbons (Fsp3) is 0.615. The van der Waals surface area contributed by atoms with Crippen molar-refractivity contribution in [1.29, 1.82) is 0 Å². The van der Waals surface area contributed by atoms with E-state index in [0.29, 0.717) is 18.3 Å². The summed E-state index contributed by atoms with van der Waals surface area (Å²) in [4.78, 5) is 22.0. The van der Waals surface area contributed by atoms with E-state index in [1.807, 2.05) is 4.90 Å². The number of hydrogen-bond donors (Lipinski definition) is 0. The van der Waals surface area contributed by atoms with Crippen molar-refractivity contribution < 1.29 is 14.3 Å². The summed E-state index contributed by atoms with van der Waals surface area (Å²) in [6, 6.07) is 0. The van der Waals surface area contributed by atoms with Gasteiger partial charge in [-0.3, -0.25) is 9.78 Å². The Kier molecular flexibility index (Phi) is 3.23. The third-order valence-electron chi connectivity index (χ3n) is 3.47. The summed E-state index contributed by atoms with van der Waals surface area (Å²) in [5, 5.41) is 0. The van der Waals surface area contributed by atoms with Crippen LogP contribution in [0.5, 0.6) is 11.8 Å². The first-order chi connectivity index (χ1) is 9.26. The predicted molar refractivity (Wildman–Crippen MR) is 66.9 cm³/mol. The summed E-state index contributed by atoms with van der Waals surface area (Å²) in [5.41, 5.74) is 0. The second kappa shape index (κ2) is 5.03. The molecule has 1 saturated carbocycles. The molecule has 19 heavy (non-hydrogen) atoms. The lowest BCUT2D eigenvalue weighted by molar-refractivity contribution is -0.131. The number of amides is 1. The van der Waals surface area contributed by atoms with Crippen LogP contribution in [-0.2, 0) is 4.79 Å². The Morgan fingerprint density at radius 2 is 2.11 bits per heavy atom. The maximum Gasteiger partial charge on any atom is 0.235 e. The third kappa shape index (κ3) is 2.77. The average molecular weight is 263 g/mol. The van der Waals surface area contributed by atoms with Gasteiger partial charge in [0.1, 0.15) is 6.10 Å². The molecule has 1 unspecified atom stereocenters. The van der Waals surface area contributed by atoms with E-state index in [4.69, 9.17) is 9.47 Å². The van der Waals surface area contributed by atoms with E-state index in [1.54, 1.807) is 13.3 Å². The summed E-state index contributed by atoms with van der Waals surface area (Å²) in [6.45, 7) is 1.42. The lowest BCUT2D eigenvalue weighted by atomic mass is 10.3. The molecular weight excluding hydrogens is 246 g/mol. The first-order valence-electron chi connectivity index (χ1n) is 6.58. The van der Waals surface area contributed by atoms with Crippen molar-refractivity contribution in [1.82, 2.24) is 14.9 Å². The Morgan fingerprint density at radius 3 is 2.84 bits per heavy atom. The molecule has 102 valence electrons. The summed E-state index contributed by atoms with van der Waals surface area (Å²) in [7, 11) is 1.54. The molecule has 0 aromatic carbocycles. The van der Waals surface area contributed by atoms with Gasteiger partial charge in [0.2, 0.25) is 17.7 Å². The molecule has 1 aliphatic heterocycles. The molecular formula is C13H17N3O3. The number of aromatic nitrogens is 2. The number of hydrogen-bond acceptors (Lipinski definition) is 5. The topological polar surface area (TPSA) is 64.6 Å². The van der Waals surface area contributed by atoms with Gasteiger partial charge < -0.3 is 14.4 Å². The van der Waals surface area contributed by atoms with Gasteiger partial charge >= 0.3 is 0 Å². The Bertz CT molecular complexity index is 476. The van der Waals surface area contributed by atoms with E-state index in [9.17, 15) is 4.79 Å². The fourth-order valence-electron chi connectivity index (χ4n) is 2.27. The van der Waals surface area contributed by atoms with Crippen molar-refractivity contribution in [2.24, 2.45) is 5.92 Å². The Morgan fingerprint density at radius 1 is 1.32 bits per heavy atom. The highest BCUT2D eigenvalue weighted by Crippen LogP contribution is 2.32. The lowest BCUT2D eigenvalue weighted by Gasteiger charge is -2.16. The molecule has 0 spiro atoms. The zero-order valence-electron chi connectivity index (χ0n) is 10.9. The molecule has 6 nitrogen and oxygen atoms in total. The molecule has 1 aliphatic carbocycles. The molecule has 1 saturated heterocycles. The molecule has 1 atom stereocenters. The molecule has 0 N–H and O–H groups in total. The monoisotopic (exact) mass is 263 g/mol. The maximum absolute atomic E-state index is 11.9. The van der Waals surface area contributed by atoms with Crippen LogP contribution in [0.4, 0.5) is 0 Å². The number of likely N-dealkylation sites (tertiary alicyclic amines) is 1. The molecule has 2 heterocycles. The second-order valence-corrected chi connectivity index (χ2v) is 4.99. The van der Waals surface area contributed by atoms with Crippen LogP contribution in [0.2, 0.25) is 0 Å². The van der Waals surface area contributed by atoms with Crippen molar-refractivity contribution in [2.75, 3.05) is 20.2 Å². The van der Waals surface area contributed by atoms with Crippen LogP contribution in [0.1, 0.15) is 19.3 Å². The van der Waals surface area contributed by atoms with Crippen molar-refractivity contribution in [3.63, 3.8) is 0 Å². The van der Waals surface area contributed by atoms with E-state index in [-0.39, 0.29) is 17.9 Å². The van der Waals surface area contributed by atoms with Gasteiger partial charge in [0.15, 0.2) is 0 Å². The number of rotatable bonds is 4. The van der Waals surface area contributed by atoms with Crippen LogP contribution < -0.4 is 9.47 Å². The van der Waals surface area contributed by atoms with Crippen LogP contribution in [0, 0.1) is 5.92 Å². The SMILES string of the molecule is COc1cncc(OC2CCN(C(=O)C3CC3)C2)n1. The number of ether oxygens (including phenoxy) is 2. The molecule has 0 bridgehead atoms. The van der Waals surface area contributed by atoms with Gasteiger partial charge in [-0.25, -0.2) is 0 Å². The summed E-state index contributed by atoms with van der Waals surface area (Å²) >= 11 is 0. The molecule has 2 aliphatic rings. The van der Waals surface area contributed by atoms with Gasteiger partial charge in [-0.1, -0.05) is 0 Å². The minimum Gasteiger partial charge on any atom is -0.480 e. The second-order valence-electron chi connectivity index (χ2n) is 4.99. The van der Waals surface area contributed by atoms with Crippen LogP contribution in [-0.4, -0.2) is 47.1 Å². The molecule has 1 aromatic heterocycles. The largest absolute Gasteiger partial charge is 0.480 e. The van der Waals surface area contributed by atoms with Crippen molar-refractivity contribution in [3.05, 3.63) is 12.4 Å². The third-order valence-corrected chi connectivity index (χ3v) is 3.47. The van der Waals surface area contributed by atoms with Crippen molar-refractivity contribution in [2.45, 2.75) is 25.4 Å². The highest BCUT2D eigenvalue weighted by atomic mass is 16.5. The smallest absolute Gasteiger partial charge is 0.235 e. The van der Waals surface area contributed by atoms with Gasteiger partial charge in [0, 0.05) is 18.9 Å². The van der Waals surface area contributed by atoms with Crippen molar-refractivity contribution >= 4 is 5.91 Å². The Labute approximate surface area is 111 Å². The van der Waals surface area contributed by atoms with Crippen LogP contribution in [0.15, 0.2) is 12.4 Å². The summed E-state index contributed by atoms with van der Waals surface area (Å²) < 4.78 is 10.8. The molecule has 1 amide bonds. The normalized spacial score (nSPS) is 22.4. The van der Waals surface area contributed by atoms with Gasteiger partial charge in [0.25, 0.3) is 0 Å². The van der Waals surface area contributed by atoms with E-state index in [1.165, 1.54) is 6.20 Å². The standard InChI is InChI=1S/C13H17N3O3/c1-18-11-6-14-7-12(15-11)19-10-4-5-16(8-10)13(17)9-2-3-9/h6-7,9-10H,2-5,8H2,1H3. The number of carbonyl (C=O) groups is 1. The Hall–Kier alpha value is -1.85. The van der Waals surface area contributed by atoms with E-state index in [0.717, 1.165) is 25.8 Å². The highest BCUT2D eigenvalue weighted by Gasteiger charge is 2.37. The molecule has 3 rings (SSSR count). The molecule has 2 fully saturated rings. The summed E-state index contributed by atoms with van der Waals surface area (Å²) in [5.74, 6) is 1.43. The quantitative estimate of drug-likeness (QED) is 0.806. The zero-order valence-corrected chi connectivity index (χ0v) is 10.9. The number of carbonyl (C=O) groups excluding carboxylic acids is 1. The molecule has 1 aromatic rings.